The number of guanidine groups is 1. The van der Waals surface area contributed by atoms with Crippen LogP contribution in [0.2, 0.25) is 0 Å². The second-order valence-corrected chi connectivity index (χ2v) is 20.1. The molecule has 15 nitrogen and oxygen atoms in total. The van der Waals surface area contributed by atoms with Crippen LogP contribution in [-0.4, -0.2) is 137 Å². The Labute approximate surface area is 397 Å². The predicted molar refractivity (Wildman–Crippen MR) is 261 cm³/mol. The molecule has 15 unspecified atom stereocenters. The molecule has 0 aliphatic carbocycles. The third kappa shape index (κ3) is 27.7. The van der Waals surface area contributed by atoms with Crippen LogP contribution in [0.3, 0.4) is 0 Å². The number of nitrogens with zero attached hydrogens (tertiary/aromatic N) is 1. The van der Waals surface area contributed by atoms with Crippen molar-refractivity contribution >= 4 is 11.9 Å². The summed E-state index contributed by atoms with van der Waals surface area (Å²) in [4.78, 5) is 18.3. The molecule has 1 rings (SSSR count). The highest BCUT2D eigenvalue weighted by molar-refractivity contribution is 5.75. The van der Waals surface area contributed by atoms with Crippen LogP contribution in [0, 0.1) is 23.7 Å². The van der Waals surface area contributed by atoms with E-state index in [4.69, 9.17) is 16.2 Å². The molecule has 66 heavy (non-hydrogen) atoms. The summed E-state index contributed by atoms with van der Waals surface area (Å²) in [7, 11) is 0. The molecule has 0 fully saturated rings. The van der Waals surface area contributed by atoms with Crippen LogP contribution in [0.15, 0.2) is 28.3 Å². The van der Waals surface area contributed by atoms with Crippen LogP contribution in [-0.2, 0) is 9.53 Å². The number of aliphatic hydroxyl groups is 10. The number of rotatable bonds is 10. The second kappa shape index (κ2) is 35.0. The standard InChI is InChI=1S/C51H97N3O12/c1-7-8-9-20-45-48(64)35(4)24-25-39(56)18-12-17-38(55)19-13-21-46(62)34(3)23-26-41(58)30-43(60)32-44(61)31-42(59)29-40(57)16-11-10-15-33(2)28-36(5)49(66-50(45)65)37(6)47(63)22-14-27-54-51(52)53/h23,28,35-49,55-64H,7-22,24-27,29-32H2,1-6H3,(H4,52,53,54). The number of esters is 1. The van der Waals surface area contributed by atoms with Crippen molar-refractivity contribution in [1.82, 2.24) is 0 Å². The fourth-order valence-electron chi connectivity index (χ4n) is 9.25. The van der Waals surface area contributed by atoms with E-state index in [-0.39, 0.29) is 49.9 Å². The van der Waals surface area contributed by atoms with Gasteiger partial charge in [0.25, 0.3) is 0 Å². The van der Waals surface area contributed by atoms with Gasteiger partial charge >= 0.3 is 5.97 Å². The minimum absolute atomic E-state index is 0.0122. The summed E-state index contributed by atoms with van der Waals surface area (Å²) in [5.74, 6) is -2.42. The molecule has 15 heteroatoms. The van der Waals surface area contributed by atoms with Gasteiger partial charge in [-0.3, -0.25) is 9.79 Å². The molecule has 0 amide bonds. The molecule has 0 saturated carbocycles. The molecule has 14 N–H and O–H groups in total. The molecule has 0 aromatic carbocycles. The molecular weight excluding hydrogens is 847 g/mol. The summed E-state index contributed by atoms with van der Waals surface area (Å²) >= 11 is 0. The van der Waals surface area contributed by atoms with Crippen molar-refractivity contribution in [3.63, 3.8) is 0 Å². The largest absolute Gasteiger partial charge is 0.461 e. The van der Waals surface area contributed by atoms with Gasteiger partial charge in [-0.1, -0.05) is 71.1 Å². The fraction of sp³-hybridized carbons (Fsp3) is 0.882. The van der Waals surface area contributed by atoms with Gasteiger partial charge in [-0.25, -0.2) is 0 Å². The van der Waals surface area contributed by atoms with Crippen LogP contribution >= 0.6 is 0 Å². The van der Waals surface area contributed by atoms with E-state index in [0.29, 0.717) is 102 Å². The second-order valence-electron chi connectivity index (χ2n) is 20.1. The van der Waals surface area contributed by atoms with Crippen LogP contribution < -0.4 is 11.5 Å². The number of aliphatic hydroxyl groups excluding tert-OH is 10. The highest BCUT2D eigenvalue weighted by Gasteiger charge is 2.37. The third-order valence-corrected chi connectivity index (χ3v) is 13.6. The van der Waals surface area contributed by atoms with E-state index in [1.54, 1.807) is 13.0 Å². The number of carbonyl (C=O) groups is 1. The molecular formula is C51H97N3O12. The van der Waals surface area contributed by atoms with Crippen molar-refractivity contribution in [2.45, 2.75) is 256 Å². The van der Waals surface area contributed by atoms with Crippen LogP contribution in [0.1, 0.15) is 189 Å². The maximum absolute atomic E-state index is 14.2. The Kier molecular flexibility index (Phi) is 32.8. The van der Waals surface area contributed by atoms with Crippen molar-refractivity contribution in [3.05, 3.63) is 23.3 Å². The molecule has 0 spiro atoms. The number of hydrogen-bond donors (Lipinski definition) is 12. The van der Waals surface area contributed by atoms with E-state index in [2.05, 4.69) is 18.0 Å². The summed E-state index contributed by atoms with van der Waals surface area (Å²) in [6, 6.07) is 0. The van der Waals surface area contributed by atoms with Gasteiger partial charge in [-0.2, -0.15) is 0 Å². The number of unbranched alkanes of at least 4 members (excludes halogenated alkanes) is 2. The molecule has 0 saturated heterocycles. The lowest BCUT2D eigenvalue weighted by Gasteiger charge is -2.34. The van der Waals surface area contributed by atoms with Crippen molar-refractivity contribution in [2.75, 3.05) is 6.54 Å². The maximum Gasteiger partial charge on any atom is 0.311 e. The highest BCUT2D eigenvalue weighted by atomic mass is 16.5. The summed E-state index contributed by atoms with van der Waals surface area (Å²) in [5, 5.41) is 108. The monoisotopic (exact) mass is 944 g/mol. The Bertz CT molecular complexity index is 1360. The number of aliphatic imine (C=N–C) groups is 1. The van der Waals surface area contributed by atoms with E-state index < -0.39 is 84.9 Å². The molecule has 15 atom stereocenters. The Balaban J connectivity index is 3.28. The van der Waals surface area contributed by atoms with Gasteiger partial charge in [0.1, 0.15) is 6.10 Å². The Morgan fingerprint density at radius 3 is 1.89 bits per heavy atom. The Morgan fingerprint density at radius 1 is 0.727 bits per heavy atom. The van der Waals surface area contributed by atoms with Crippen molar-refractivity contribution in [1.29, 1.82) is 0 Å². The number of nitrogens with two attached hydrogens (primary N) is 2. The zero-order chi connectivity index (χ0) is 49.8. The van der Waals surface area contributed by atoms with Crippen LogP contribution in [0.5, 0.6) is 0 Å². The minimum atomic E-state index is -1.03. The molecule has 0 radical (unpaired) electrons. The SMILES string of the molecule is CCCCCC1C(=O)OC(C(C)C(O)CCCN=C(N)N)C(C)C=C(C)CCCCC(O)CC(O)CC(O)CC(O)CC(O)CC=C(C)C(O)CCCC(O)CCCC(O)CCC(C)C1O. The average molecular weight is 944 g/mol. The number of carbonyl (C=O) groups excluding carboxylic acids is 1. The molecule has 388 valence electrons. The molecule has 1 aliphatic rings. The number of hydrogen-bond acceptors (Lipinski definition) is 13. The fourth-order valence-corrected chi connectivity index (χ4v) is 9.25. The van der Waals surface area contributed by atoms with Gasteiger partial charge in [-0.05, 0) is 147 Å². The molecule has 1 aliphatic heterocycles. The topological polar surface area (TPSA) is 293 Å². The molecule has 0 bridgehead atoms. The normalized spacial score (nSPS) is 33.9. The zero-order valence-corrected chi connectivity index (χ0v) is 41.7. The minimum Gasteiger partial charge on any atom is -0.461 e. The summed E-state index contributed by atoms with van der Waals surface area (Å²) in [6.45, 7) is 11.9. The van der Waals surface area contributed by atoms with Crippen molar-refractivity contribution < 1.29 is 60.6 Å². The first-order chi connectivity index (χ1) is 31.1. The number of allylic oxidation sites excluding steroid dienone is 1. The molecule has 0 aromatic heterocycles. The van der Waals surface area contributed by atoms with Crippen LogP contribution in [0.25, 0.3) is 0 Å². The van der Waals surface area contributed by atoms with E-state index in [1.807, 2.05) is 27.7 Å². The van der Waals surface area contributed by atoms with Gasteiger partial charge < -0.3 is 67.3 Å². The number of cyclic esters (lactones) is 1. The van der Waals surface area contributed by atoms with Gasteiger partial charge in [0.2, 0.25) is 0 Å². The maximum atomic E-state index is 14.2. The van der Waals surface area contributed by atoms with Crippen LogP contribution in [0.4, 0.5) is 0 Å². The van der Waals surface area contributed by atoms with E-state index in [1.165, 1.54) is 0 Å². The Hall–Kier alpha value is -2.18. The highest BCUT2D eigenvalue weighted by Crippen LogP contribution is 2.31. The predicted octanol–water partition coefficient (Wildman–Crippen LogP) is 5.20. The van der Waals surface area contributed by atoms with Gasteiger partial charge in [0, 0.05) is 18.4 Å². The number of ether oxygens (including phenoxy) is 1. The Morgan fingerprint density at radius 2 is 1.29 bits per heavy atom. The first-order valence-corrected chi connectivity index (χ1v) is 25.5. The van der Waals surface area contributed by atoms with Gasteiger partial charge in [0.05, 0.1) is 67.0 Å². The molecule has 0 aromatic rings. The average Bonchev–Trinajstić information content (AvgIpc) is 3.24. The lowest BCUT2D eigenvalue weighted by molar-refractivity contribution is -0.167. The summed E-state index contributed by atoms with van der Waals surface area (Å²) in [5.41, 5.74) is 12.7. The van der Waals surface area contributed by atoms with E-state index >= 15 is 0 Å². The van der Waals surface area contributed by atoms with Gasteiger partial charge in [0.15, 0.2) is 5.96 Å². The zero-order valence-electron chi connectivity index (χ0n) is 41.7. The smallest absolute Gasteiger partial charge is 0.311 e. The lowest BCUT2D eigenvalue weighted by Crippen LogP contribution is -2.42. The summed E-state index contributed by atoms with van der Waals surface area (Å²) in [6.07, 6.45) is 5.18. The van der Waals surface area contributed by atoms with E-state index in [0.717, 1.165) is 31.3 Å². The third-order valence-electron chi connectivity index (χ3n) is 13.6. The molecule has 1 heterocycles. The summed E-state index contributed by atoms with van der Waals surface area (Å²) < 4.78 is 6.36. The first-order valence-electron chi connectivity index (χ1n) is 25.5. The van der Waals surface area contributed by atoms with Crippen molar-refractivity contribution in [3.8, 4) is 0 Å². The first kappa shape index (κ1) is 61.8. The lowest BCUT2D eigenvalue weighted by atomic mass is 9.83. The quantitative estimate of drug-likeness (QED) is 0.0441. The van der Waals surface area contributed by atoms with Crippen molar-refractivity contribution in [2.24, 2.45) is 40.1 Å². The van der Waals surface area contributed by atoms with E-state index in [9.17, 15) is 55.9 Å². The van der Waals surface area contributed by atoms with Gasteiger partial charge in [-0.15, -0.1) is 0 Å².